The molecule has 1 unspecified atom stereocenters. The van der Waals surface area contributed by atoms with Crippen molar-refractivity contribution in [1.29, 1.82) is 0 Å². The molecule has 0 N–H and O–H groups in total. The van der Waals surface area contributed by atoms with E-state index >= 15 is 0 Å². The summed E-state index contributed by atoms with van der Waals surface area (Å²) in [4.78, 5) is 31.9. The third kappa shape index (κ3) is 4.93. The van der Waals surface area contributed by atoms with Gasteiger partial charge in [0.05, 0.1) is 18.7 Å². The van der Waals surface area contributed by atoms with Gasteiger partial charge in [0.2, 0.25) is 11.8 Å². The van der Waals surface area contributed by atoms with Crippen molar-refractivity contribution in [3.8, 4) is 5.75 Å². The maximum absolute atomic E-state index is 13.3. The molecule has 0 aromatic heterocycles. The number of ether oxygens (including phenoxy) is 1. The fourth-order valence-electron chi connectivity index (χ4n) is 4.57. The number of hydrogen-bond donors (Lipinski definition) is 0. The standard InChI is InChI=1S/C25H30FN3O3/c1-18-4-9-23(32-2)22(14-18)29-17-20(15-24(29)30)25(31)28-11-3-10-27(12-13-28)16-19-5-7-21(26)8-6-19/h4-9,14,20H,3,10-13,15-17H2,1-2H3. The molecule has 2 amide bonds. The quantitative estimate of drug-likeness (QED) is 0.718. The van der Waals surface area contributed by atoms with Gasteiger partial charge in [-0.25, -0.2) is 4.39 Å². The highest BCUT2D eigenvalue weighted by Crippen LogP contribution is 2.34. The first-order chi connectivity index (χ1) is 15.4. The molecule has 0 aliphatic carbocycles. The van der Waals surface area contributed by atoms with Gasteiger partial charge in [0.1, 0.15) is 11.6 Å². The zero-order valence-electron chi connectivity index (χ0n) is 18.7. The number of rotatable bonds is 5. The summed E-state index contributed by atoms with van der Waals surface area (Å²) < 4.78 is 18.6. The first-order valence-corrected chi connectivity index (χ1v) is 11.1. The molecule has 170 valence electrons. The van der Waals surface area contributed by atoms with Crippen LogP contribution >= 0.6 is 0 Å². The Hall–Kier alpha value is -2.93. The molecule has 0 bridgehead atoms. The summed E-state index contributed by atoms with van der Waals surface area (Å²) in [7, 11) is 1.59. The second-order valence-corrected chi connectivity index (χ2v) is 8.66. The fourth-order valence-corrected chi connectivity index (χ4v) is 4.57. The van der Waals surface area contributed by atoms with Crippen molar-refractivity contribution in [2.75, 3.05) is 44.7 Å². The van der Waals surface area contributed by atoms with Crippen LogP contribution in [0.2, 0.25) is 0 Å². The number of anilines is 1. The van der Waals surface area contributed by atoms with Crippen LogP contribution in [0.5, 0.6) is 5.75 Å². The number of carbonyl (C=O) groups excluding carboxylic acids is 2. The highest BCUT2D eigenvalue weighted by Gasteiger charge is 2.38. The molecule has 0 spiro atoms. The maximum Gasteiger partial charge on any atom is 0.228 e. The van der Waals surface area contributed by atoms with Crippen LogP contribution in [-0.2, 0) is 16.1 Å². The lowest BCUT2D eigenvalue weighted by Crippen LogP contribution is -2.40. The third-order valence-corrected chi connectivity index (χ3v) is 6.32. The van der Waals surface area contributed by atoms with E-state index in [9.17, 15) is 14.0 Å². The number of amides is 2. The topological polar surface area (TPSA) is 53.1 Å². The van der Waals surface area contributed by atoms with Crippen LogP contribution in [-0.4, -0.2) is 61.4 Å². The number of aryl methyl sites for hydroxylation is 1. The van der Waals surface area contributed by atoms with Crippen molar-refractivity contribution < 1.29 is 18.7 Å². The minimum Gasteiger partial charge on any atom is -0.495 e. The minimum atomic E-state index is -0.337. The van der Waals surface area contributed by atoms with Gasteiger partial charge in [0.25, 0.3) is 0 Å². The Kier molecular flexibility index (Phi) is 6.74. The molecule has 2 heterocycles. The van der Waals surface area contributed by atoms with E-state index < -0.39 is 0 Å². The molecule has 2 saturated heterocycles. The Morgan fingerprint density at radius 2 is 1.88 bits per heavy atom. The smallest absolute Gasteiger partial charge is 0.228 e. The Balaban J connectivity index is 1.38. The minimum absolute atomic E-state index is 0.0417. The number of halogens is 1. The molecule has 1 atom stereocenters. The average molecular weight is 440 g/mol. The van der Waals surface area contributed by atoms with E-state index in [4.69, 9.17) is 4.74 Å². The molecule has 6 nitrogen and oxygen atoms in total. The van der Waals surface area contributed by atoms with Crippen molar-refractivity contribution in [3.05, 3.63) is 59.4 Å². The monoisotopic (exact) mass is 439 g/mol. The summed E-state index contributed by atoms with van der Waals surface area (Å²) in [5.74, 6) is 0.0839. The molecule has 2 fully saturated rings. The van der Waals surface area contributed by atoms with Crippen molar-refractivity contribution in [3.63, 3.8) is 0 Å². The molecule has 7 heteroatoms. The zero-order chi connectivity index (χ0) is 22.7. The first kappa shape index (κ1) is 22.3. The summed E-state index contributed by atoms with van der Waals surface area (Å²) in [6.45, 7) is 6.08. The fraction of sp³-hybridized carbons (Fsp3) is 0.440. The molecule has 0 radical (unpaired) electrons. The van der Waals surface area contributed by atoms with Gasteiger partial charge < -0.3 is 14.5 Å². The Bertz CT molecular complexity index is 979. The average Bonchev–Trinajstić information content (AvgIpc) is 3.02. The SMILES string of the molecule is COc1ccc(C)cc1N1CC(C(=O)N2CCCN(Cc3ccc(F)cc3)CC2)CC1=O. The van der Waals surface area contributed by atoms with Gasteiger partial charge in [-0.05, 0) is 48.7 Å². The number of nitrogens with zero attached hydrogens (tertiary/aromatic N) is 3. The van der Waals surface area contributed by atoms with Crippen molar-refractivity contribution in [2.24, 2.45) is 5.92 Å². The van der Waals surface area contributed by atoms with Gasteiger partial charge in [0.15, 0.2) is 0 Å². The molecule has 0 saturated carbocycles. The maximum atomic E-state index is 13.3. The van der Waals surface area contributed by atoms with E-state index in [1.54, 1.807) is 24.1 Å². The van der Waals surface area contributed by atoms with Crippen LogP contribution in [0.25, 0.3) is 0 Å². The molecule has 2 aromatic rings. The molecular formula is C25H30FN3O3. The first-order valence-electron chi connectivity index (χ1n) is 11.1. The number of carbonyl (C=O) groups is 2. The number of methoxy groups -OCH3 is 1. The lowest BCUT2D eigenvalue weighted by molar-refractivity contribution is -0.135. The normalized spacial score (nSPS) is 19.8. The van der Waals surface area contributed by atoms with Crippen molar-refractivity contribution in [1.82, 2.24) is 9.80 Å². The molecule has 2 aliphatic heterocycles. The van der Waals surface area contributed by atoms with Gasteiger partial charge in [0, 0.05) is 45.7 Å². The third-order valence-electron chi connectivity index (χ3n) is 6.32. The summed E-state index contributed by atoms with van der Waals surface area (Å²) in [5.41, 5.74) is 2.83. The van der Waals surface area contributed by atoms with E-state index in [-0.39, 0.29) is 30.0 Å². The van der Waals surface area contributed by atoms with Crippen LogP contribution in [0.15, 0.2) is 42.5 Å². The molecule has 32 heavy (non-hydrogen) atoms. The Labute approximate surface area is 188 Å². The van der Waals surface area contributed by atoms with E-state index in [1.807, 2.05) is 30.0 Å². The predicted molar refractivity (Wildman–Crippen MR) is 121 cm³/mol. The summed E-state index contributed by atoms with van der Waals surface area (Å²) in [6.07, 6.45) is 1.11. The molecule has 2 aliphatic rings. The highest BCUT2D eigenvalue weighted by atomic mass is 19.1. The molecule has 2 aromatic carbocycles. The van der Waals surface area contributed by atoms with Gasteiger partial charge in [-0.15, -0.1) is 0 Å². The van der Waals surface area contributed by atoms with Gasteiger partial charge >= 0.3 is 0 Å². The van der Waals surface area contributed by atoms with Crippen LogP contribution in [0.4, 0.5) is 10.1 Å². The zero-order valence-corrected chi connectivity index (χ0v) is 18.7. The predicted octanol–water partition coefficient (Wildman–Crippen LogP) is 3.23. The van der Waals surface area contributed by atoms with Gasteiger partial charge in [-0.1, -0.05) is 18.2 Å². The van der Waals surface area contributed by atoms with Crippen molar-refractivity contribution >= 4 is 17.5 Å². The second kappa shape index (κ2) is 9.69. The van der Waals surface area contributed by atoms with Crippen LogP contribution in [0.3, 0.4) is 0 Å². The largest absolute Gasteiger partial charge is 0.495 e. The number of hydrogen-bond acceptors (Lipinski definition) is 4. The lowest BCUT2D eigenvalue weighted by atomic mass is 10.1. The lowest BCUT2D eigenvalue weighted by Gasteiger charge is -2.25. The van der Waals surface area contributed by atoms with Crippen LogP contribution in [0, 0.1) is 18.7 Å². The van der Waals surface area contributed by atoms with Crippen LogP contribution < -0.4 is 9.64 Å². The highest BCUT2D eigenvalue weighted by molar-refractivity contribution is 6.01. The van der Waals surface area contributed by atoms with Crippen LogP contribution in [0.1, 0.15) is 24.0 Å². The molecular weight excluding hydrogens is 409 g/mol. The summed E-state index contributed by atoms with van der Waals surface area (Å²) >= 11 is 0. The molecule has 4 rings (SSSR count). The number of benzene rings is 2. The van der Waals surface area contributed by atoms with Crippen molar-refractivity contribution in [2.45, 2.75) is 26.3 Å². The Morgan fingerprint density at radius 1 is 1.09 bits per heavy atom. The van der Waals surface area contributed by atoms with E-state index in [0.29, 0.717) is 25.4 Å². The Morgan fingerprint density at radius 3 is 2.62 bits per heavy atom. The van der Waals surface area contributed by atoms with E-state index in [0.717, 1.165) is 42.9 Å². The van der Waals surface area contributed by atoms with Gasteiger partial charge in [-0.3, -0.25) is 14.5 Å². The van der Waals surface area contributed by atoms with Gasteiger partial charge in [-0.2, -0.15) is 0 Å². The van der Waals surface area contributed by atoms with E-state index in [1.165, 1.54) is 12.1 Å². The summed E-state index contributed by atoms with van der Waals surface area (Å²) in [5, 5.41) is 0. The van der Waals surface area contributed by atoms with E-state index in [2.05, 4.69) is 4.90 Å². The summed E-state index contributed by atoms with van der Waals surface area (Å²) in [6, 6.07) is 12.3. The second-order valence-electron chi connectivity index (χ2n) is 8.66.